The van der Waals surface area contributed by atoms with E-state index in [4.69, 9.17) is 21.3 Å². The largest absolute Gasteiger partial charge is 0.444 e. The molecule has 2 aromatic carbocycles. The molecule has 0 bridgehead atoms. The predicted octanol–water partition coefficient (Wildman–Crippen LogP) is 4.40. The van der Waals surface area contributed by atoms with Gasteiger partial charge in [0.25, 0.3) is 0 Å². The number of nitrogens with one attached hydrogen (secondary N) is 1. The standard InChI is InChI=1S/C26H30ClN5O3/c1-26(2,3)35-25(34)32-15-17(16-32)24(33)31-12-10-30(11-13-31)18-8-9-20(27)19(14-18)23-28-21-6-4-5-7-22(21)29-23/h4-9,14,17H,10-13,15-16H2,1-3H3,(H,28,29). The number of rotatable bonds is 3. The van der Waals surface area contributed by atoms with Crippen molar-refractivity contribution in [2.24, 2.45) is 5.92 Å². The van der Waals surface area contributed by atoms with Crippen LogP contribution in [0.15, 0.2) is 42.5 Å². The predicted molar refractivity (Wildman–Crippen MR) is 137 cm³/mol. The van der Waals surface area contributed by atoms with E-state index in [0.717, 1.165) is 41.2 Å². The van der Waals surface area contributed by atoms with Gasteiger partial charge in [0.05, 0.1) is 22.0 Å². The summed E-state index contributed by atoms with van der Waals surface area (Å²) in [5.41, 5.74) is 3.25. The highest BCUT2D eigenvalue weighted by Gasteiger charge is 2.40. The molecule has 3 heterocycles. The molecule has 2 fully saturated rings. The van der Waals surface area contributed by atoms with E-state index >= 15 is 0 Å². The molecule has 2 saturated heterocycles. The van der Waals surface area contributed by atoms with Crippen LogP contribution in [0, 0.1) is 5.92 Å². The molecule has 8 nitrogen and oxygen atoms in total. The quantitative estimate of drug-likeness (QED) is 0.582. The maximum absolute atomic E-state index is 12.9. The smallest absolute Gasteiger partial charge is 0.410 e. The summed E-state index contributed by atoms with van der Waals surface area (Å²) in [5, 5.41) is 0.640. The molecule has 2 amide bonds. The third-order valence-electron chi connectivity index (χ3n) is 6.43. The van der Waals surface area contributed by atoms with Gasteiger partial charge >= 0.3 is 6.09 Å². The van der Waals surface area contributed by atoms with Crippen molar-refractivity contribution in [2.75, 3.05) is 44.2 Å². The van der Waals surface area contributed by atoms with E-state index in [0.29, 0.717) is 31.2 Å². The SMILES string of the molecule is CC(C)(C)OC(=O)N1CC(C(=O)N2CCN(c3ccc(Cl)c(-c4nc5ccccc5[nH]4)c3)CC2)C1. The Hall–Kier alpha value is -3.26. The fourth-order valence-electron chi connectivity index (χ4n) is 4.53. The number of hydrogen-bond donors (Lipinski definition) is 1. The van der Waals surface area contributed by atoms with Crippen LogP contribution in [0.4, 0.5) is 10.5 Å². The van der Waals surface area contributed by atoms with Crippen LogP contribution in [0.5, 0.6) is 0 Å². The molecule has 0 radical (unpaired) electrons. The van der Waals surface area contributed by atoms with Gasteiger partial charge in [0.15, 0.2) is 0 Å². The number of amides is 2. The third kappa shape index (κ3) is 4.93. The van der Waals surface area contributed by atoms with E-state index in [1.165, 1.54) is 0 Å². The van der Waals surface area contributed by atoms with Gasteiger partial charge in [-0.2, -0.15) is 0 Å². The average Bonchev–Trinajstić information content (AvgIpc) is 3.21. The summed E-state index contributed by atoms with van der Waals surface area (Å²) in [6.07, 6.45) is -0.352. The third-order valence-corrected chi connectivity index (χ3v) is 6.76. The number of likely N-dealkylation sites (tertiary alicyclic amines) is 1. The summed E-state index contributed by atoms with van der Waals surface area (Å²) in [5.74, 6) is 0.708. The van der Waals surface area contributed by atoms with Gasteiger partial charge in [-0.15, -0.1) is 0 Å². The number of para-hydroxylation sites is 2. The van der Waals surface area contributed by atoms with Crippen LogP contribution in [0.3, 0.4) is 0 Å². The van der Waals surface area contributed by atoms with E-state index in [9.17, 15) is 9.59 Å². The second-order valence-corrected chi connectivity index (χ2v) is 10.6. The Morgan fingerprint density at radius 2 is 1.74 bits per heavy atom. The highest BCUT2D eigenvalue weighted by atomic mass is 35.5. The lowest BCUT2D eigenvalue weighted by Crippen LogP contribution is -2.59. The van der Waals surface area contributed by atoms with Crippen molar-refractivity contribution >= 4 is 40.3 Å². The first-order valence-electron chi connectivity index (χ1n) is 11.9. The van der Waals surface area contributed by atoms with Crippen molar-refractivity contribution in [3.05, 3.63) is 47.5 Å². The number of nitrogens with zero attached hydrogens (tertiary/aromatic N) is 4. The highest BCUT2D eigenvalue weighted by Crippen LogP contribution is 2.32. The Labute approximate surface area is 209 Å². The maximum atomic E-state index is 12.9. The molecule has 5 rings (SSSR count). The number of anilines is 1. The molecule has 1 aromatic heterocycles. The number of imidazole rings is 1. The summed E-state index contributed by atoms with van der Waals surface area (Å²) < 4.78 is 5.38. The second kappa shape index (κ2) is 9.07. The zero-order valence-electron chi connectivity index (χ0n) is 20.3. The number of piperazine rings is 1. The fraction of sp³-hybridized carbons (Fsp3) is 0.423. The summed E-state index contributed by atoms with van der Waals surface area (Å²) in [6.45, 7) is 9.12. The van der Waals surface area contributed by atoms with Gasteiger partial charge < -0.3 is 24.4 Å². The molecule has 1 N–H and O–H groups in total. The molecule has 35 heavy (non-hydrogen) atoms. The van der Waals surface area contributed by atoms with Gasteiger partial charge in [0.1, 0.15) is 11.4 Å². The van der Waals surface area contributed by atoms with Crippen molar-refractivity contribution in [3.8, 4) is 11.4 Å². The Kier molecular flexibility index (Phi) is 6.09. The Morgan fingerprint density at radius 3 is 2.43 bits per heavy atom. The van der Waals surface area contributed by atoms with Gasteiger partial charge in [0.2, 0.25) is 5.91 Å². The van der Waals surface area contributed by atoms with Crippen molar-refractivity contribution in [2.45, 2.75) is 26.4 Å². The number of ether oxygens (including phenoxy) is 1. The zero-order valence-corrected chi connectivity index (χ0v) is 21.0. The number of H-pyrrole nitrogens is 1. The summed E-state index contributed by atoms with van der Waals surface area (Å²) in [7, 11) is 0. The van der Waals surface area contributed by atoms with E-state index in [-0.39, 0.29) is 17.9 Å². The van der Waals surface area contributed by atoms with E-state index in [1.807, 2.05) is 62.1 Å². The number of carbonyl (C=O) groups excluding carboxylic acids is 2. The number of fused-ring (bicyclic) bond motifs is 1. The lowest BCUT2D eigenvalue weighted by atomic mass is 9.98. The number of aromatic amines is 1. The molecule has 0 spiro atoms. The Morgan fingerprint density at radius 1 is 1.03 bits per heavy atom. The minimum absolute atomic E-state index is 0.114. The highest BCUT2D eigenvalue weighted by molar-refractivity contribution is 6.33. The summed E-state index contributed by atoms with van der Waals surface area (Å²) >= 11 is 6.52. The first-order valence-corrected chi connectivity index (χ1v) is 12.3. The molecule has 0 atom stereocenters. The summed E-state index contributed by atoms with van der Waals surface area (Å²) in [4.78, 5) is 38.9. The topological polar surface area (TPSA) is 81.8 Å². The van der Waals surface area contributed by atoms with Crippen LogP contribution in [-0.4, -0.2) is 76.6 Å². The van der Waals surface area contributed by atoms with Crippen LogP contribution in [0.25, 0.3) is 22.4 Å². The first-order chi connectivity index (χ1) is 16.7. The van der Waals surface area contributed by atoms with Crippen molar-refractivity contribution in [3.63, 3.8) is 0 Å². The molecular weight excluding hydrogens is 466 g/mol. The van der Waals surface area contributed by atoms with Crippen molar-refractivity contribution in [1.29, 1.82) is 0 Å². The maximum Gasteiger partial charge on any atom is 0.410 e. The fourth-order valence-corrected chi connectivity index (χ4v) is 4.73. The van der Waals surface area contributed by atoms with Gasteiger partial charge in [0, 0.05) is 50.5 Å². The van der Waals surface area contributed by atoms with Crippen molar-refractivity contribution in [1.82, 2.24) is 19.8 Å². The molecule has 3 aromatic rings. The molecular formula is C26H30ClN5O3. The number of benzene rings is 2. The molecule has 0 unspecified atom stereocenters. The number of carbonyl (C=O) groups is 2. The molecule has 2 aliphatic rings. The normalized spacial score (nSPS) is 17.0. The second-order valence-electron chi connectivity index (χ2n) is 10.2. The molecule has 9 heteroatoms. The Balaban J connectivity index is 1.19. The minimum Gasteiger partial charge on any atom is -0.444 e. The number of aromatic nitrogens is 2. The van der Waals surface area contributed by atoms with Gasteiger partial charge in [-0.05, 0) is 51.1 Å². The summed E-state index contributed by atoms with van der Waals surface area (Å²) in [6, 6.07) is 13.9. The van der Waals surface area contributed by atoms with Gasteiger partial charge in [-0.25, -0.2) is 9.78 Å². The molecule has 184 valence electrons. The first kappa shape index (κ1) is 23.5. The van der Waals surface area contributed by atoms with E-state index in [1.54, 1.807) is 4.90 Å². The van der Waals surface area contributed by atoms with E-state index in [2.05, 4.69) is 16.0 Å². The minimum atomic E-state index is -0.533. The number of halogens is 1. The molecule has 2 aliphatic heterocycles. The Bertz CT molecular complexity index is 1220. The zero-order chi connectivity index (χ0) is 24.7. The van der Waals surface area contributed by atoms with Gasteiger partial charge in [-0.1, -0.05) is 23.7 Å². The lowest BCUT2D eigenvalue weighted by molar-refractivity contribution is -0.140. The number of hydrogen-bond acceptors (Lipinski definition) is 5. The lowest BCUT2D eigenvalue weighted by Gasteiger charge is -2.43. The van der Waals surface area contributed by atoms with Crippen LogP contribution < -0.4 is 4.90 Å². The van der Waals surface area contributed by atoms with Crippen LogP contribution in [-0.2, 0) is 9.53 Å². The van der Waals surface area contributed by atoms with Crippen molar-refractivity contribution < 1.29 is 14.3 Å². The van der Waals surface area contributed by atoms with Gasteiger partial charge in [-0.3, -0.25) is 4.79 Å². The monoisotopic (exact) mass is 495 g/mol. The molecule has 0 saturated carbocycles. The average molecular weight is 496 g/mol. The van der Waals surface area contributed by atoms with Crippen LogP contribution >= 0.6 is 11.6 Å². The molecule has 0 aliphatic carbocycles. The van der Waals surface area contributed by atoms with Crippen LogP contribution in [0.2, 0.25) is 5.02 Å². The van der Waals surface area contributed by atoms with Crippen LogP contribution in [0.1, 0.15) is 20.8 Å². The van der Waals surface area contributed by atoms with E-state index < -0.39 is 5.60 Å².